The highest BCUT2D eigenvalue weighted by Gasteiger charge is 2.22. The van der Waals surface area contributed by atoms with Crippen LogP contribution >= 0.6 is 0 Å². The number of piperazine rings is 1. The molecule has 5 nitrogen and oxygen atoms in total. The van der Waals surface area contributed by atoms with Gasteiger partial charge in [0.15, 0.2) is 6.73 Å². The van der Waals surface area contributed by atoms with Crippen LogP contribution in [-0.2, 0) is 0 Å². The molecule has 3 rings (SSSR count). The van der Waals surface area contributed by atoms with Gasteiger partial charge in [0.1, 0.15) is 5.75 Å². The molecule has 0 aliphatic carbocycles. The van der Waals surface area contributed by atoms with E-state index in [1.54, 1.807) is 0 Å². The fourth-order valence-electron chi connectivity index (χ4n) is 3.04. The van der Waals surface area contributed by atoms with Gasteiger partial charge in [-0.25, -0.2) is 4.79 Å². The maximum absolute atomic E-state index is 12.3. The van der Waals surface area contributed by atoms with E-state index in [1.807, 2.05) is 35.2 Å². The molecule has 0 spiro atoms. The number of nitrogens with zero attached hydrogens (tertiary/aromatic N) is 2. The van der Waals surface area contributed by atoms with Gasteiger partial charge in [-0.05, 0) is 43.2 Å². The summed E-state index contributed by atoms with van der Waals surface area (Å²) in [4.78, 5) is 16.5. The van der Waals surface area contributed by atoms with E-state index in [-0.39, 0.29) is 12.8 Å². The molecule has 132 valence electrons. The smallest absolute Gasteiger partial charge is 0.320 e. The summed E-state index contributed by atoms with van der Waals surface area (Å²) in [7, 11) is 0. The number of urea groups is 1. The molecule has 0 aromatic heterocycles. The van der Waals surface area contributed by atoms with Crippen LogP contribution in [0.15, 0.2) is 48.5 Å². The van der Waals surface area contributed by atoms with Crippen molar-refractivity contribution in [2.24, 2.45) is 0 Å². The molecule has 25 heavy (non-hydrogen) atoms. The van der Waals surface area contributed by atoms with Crippen molar-refractivity contribution in [1.82, 2.24) is 10.2 Å². The minimum absolute atomic E-state index is 0.0726. The zero-order valence-corrected chi connectivity index (χ0v) is 14.9. The van der Waals surface area contributed by atoms with E-state index in [2.05, 4.69) is 42.3 Å². The van der Waals surface area contributed by atoms with E-state index >= 15 is 0 Å². The minimum Gasteiger partial charge on any atom is -0.473 e. The predicted molar refractivity (Wildman–Crippen MR) is 100 cm³/mol. The summed E-state index contributed by atoms with van der Waals surface area (Å²) in [5.41, 5.74) is 3.89. The minimum atomic E-state index is -0.0726. The van der Waals surface area contributed by atoms with E-state index < -0.39 is 0 Å². The second kappa shape index (κ2) is 7.92. The first-order valence-electron chi connectivity index (χ1n) is 8.67. The van der Waals surface area contributed by atoms with Crippen LogP contribution in [0.5, 0.6) is 5.75 Å². The summed E-state index contributed by atoms with van der Waals surface area (Å²) in [5.74, 6) is 0.752. The average Bonchev–Trinajstić information content (AvgIpc) is 2.65. The van der Waals surface area contributed by atoms with Crippen LogP contribution in [0.3, 0.4) is 0 Å². The summed E-state index contributed by atoms with van der Waals surface area (Å²) in [6, 6.07) is 15.8. The van der Waals surface area contributed by atoms with Gasteiger partial charge in [0.2, 0.25) is 0 Å². The molecule has 0 bridgehead atoms. The van der Waals surface area contributed by atoms with E-state index in [1.165, 1.54) is 16.8 Å². The lowest BCUT2D eigenvalue weighted by atomic mass is 10.1. The Balaban J connectivity index is 1.47. The molecule has 2 aromatic carbocycles. The molecule has 1 aliphatic rings. The Bertz CT molecular complexity index is 710. The van der Waals surface area contributed by atoms with Gasteiger partial charge in [-0.3, -0.25) is 0 Å². The molecule has 2 aromatic rings. The number of nitrogens with one attached hydrogen (secondary N) is 1. The Hall–Kier alpha value is -2.69. The van der Waals surface area contributed by atoms with Crippen LogP contribution in [0, 0.1) is 13.8 Å². The van der Waals surface area contributed by atoms with Gasteiger partial charge in [0.25, 0.3) is 0 Å². The SMILES string of the molecule is Cc1cccc(N2CCN(C(=O)NCOc3ccccc3)CC2)c1C. The molecule has 1 aliphatic heterocycles. The Morgan fingerprint density at radius 2 is 1.72 bits per heavy atom. The molecule has 2 amide bonds. The maximum atomic E-state index is 12.3. The number of hydrogen-bond acceptors (Lipinski definition) is 3. The third kappa shape index (κ3) is 4.24. The van der Waals surface area contributed by atoms with Crippen molar-refractivity contribution < 1.29 is 9.53 Å². The van der Waals surface area contributed by atoms with E-state index in [0.29, 0.717) is 13.1 Å². The lowest BCUT2D eigenvalue weighted by Crippen LogP contribution is -2.52. The first-order valence-corrected chi connectivity index (χ1v) is 8.67. The van der Waals surface area contributed by atoms with Crippen LogP contribution in [-0.4, -0.2) is 43.8 Å². The molecule has 1 N–H and O–H groups in total. The number of carbonyl (C=O) groups excluding carboxylic acids is 1. The molecule has 1 heterocycles. The predicted octanol–water partition coefficient (Wildman–Crippen LogP) is 3.17. The summed E-state index contributed by atoms with van der Waals surface area (Å²) in [6.45, 7) is 7.59. The number of rotatable bonds is 4. The number of hydrogen-bond donors (Lipinski definition) is 1. The number of anilines is 1. The molecule has 0 saturated carbocycles. The van der Waals surface area contributed by atoms with Crippen molar-refractivity contribution in [1.29, 1.82) is 0 Å². The fraction of sp³-hybridized carbons (Fsp3) is 0.350. The molecule has 5 heteroatoms. The normalized spacial score (nSPS) is 14.3. The molecule has 0 atom stereocenters. The molecular weight excluding hydrogens is 314 g/mol. The first-order chi connectivity index (χ1) is 12.1. The Morgan fingerprint density at radius 3 is 2.44 bits per heavy atom. The number of carbonyl (C=O) groups is 1. The maximum Gasteiger partial charge on any atom is 0.320 e. The molecule has 1 saturated heterocycles. The van der Waals surface area contributed by atoms with Crippen LogP contribution < -0.4 is 15.0 Å². The van der Waals surface area contributed by atoms with Gasteiger partial charge < -0.3 is 19.9 Å². The van der Waals surface area contributed by atoms with E-state index in [0.717, 1.165) is 18.8 Å². The van der Waals surface area contributed by atoms with Crippen LogP contribution in [0.25, 0.3) is 0 Å². The van der Waals surface area contributed by atoms with Crippen LogP contribution in [0.2, 0.25) is 0 Å². The number of amides is 2. The third-order valence-electron chi connectivity index (χ3n) is 4.69. The van der Waals surface area contributed by atoms with Crippen molar-refractivity contribution in [3.05, 3.63) is 59.7 Å². The van der Waals surface area contributed by atoms with Gasteiger partial charge >= 0.3 is 6.03 Å². The molecular formula is C20H25N3O2. The highest BCUT2D eigenvalue weighted by molar-refractivity contribution is 5.74. The highest BCUT2D eigenvalue weighted by Crippen LogP contribution is 2.23. The Labute approximate surface area is 149 Å². The quantitative estimate of drug-likeness (QED) is 0.870. The van der Waals surface area contributed by atoms with E-state index in [4.69, 9.17) is 4.74 Å². The molecule has 0 unspecified atom stereocenters. The summed E-state index contributed by atoms with van der Waals surface area (Å²) < 4.78 is 5.52. The first kappa shape index (κ1) is 17.1. The zero-order chi connectivity index (χ0) is 17.6. The summed E-state index contributed by atoms with van der Waals surface area (Å²) in [6.07, 6.45) is 0. The van der Waals surface area contributed by atoms with Crippen LogP contribution in [0.4, 0.5) is 10.5 Å². The van der Waals surface area contributed by atoms with Gasteiger partial charge in [-0.2, -0.15) is 0 Å². The summed E-state index contributed by atoms with van der Waals surface area (Å²) >= 11 is 0. The van der Waals surface area contributed by atoms with Crippen molar-refractivity contribution in [2.75, 3.05) is 37.8 Å². The zero-order valence-electron chi connectivity index (χ0n) is 14.9. The largest absolute Gasteiger partial charge is 0.473 e. The topological polar surface area (TPSA) is 44.8 Å². The van der Waals surface area contributed by atoms with Crippen molar-refractivity contribution in [3.8, 4) is 5.75 Å². The number of ether oxygens (including phenoxy) is 1. The van der Waals surface area contributed by atoms with Crippen molar-refractivity contribution >= 4 is 11.7 Å². The lowest BCUT2D eigenvalue weighted by Gasteiger charge is -2.37. The second-order valence-corrected chi connectivity index (χ2v) is 6.28. The Morgan fingerprint density at radius 1 is 1.00 bits per heavy atom. The van der Waals surface area contributed by atoms with Gasteiger partial charge in [0.05, 0.1) is 0 Å². The third-order valence-corrected chi connectivity index (χ3v) is 4.69. The number of benzene rings is 2. The average molecular weight is 339 g/mol. The van der Waals surface area contributed by atoms with Gasteiger partial charge in [-0.1, -0.05) is 30.3 Å². The molecule has 1 fully saturated rings. The molecule has 0 radical (unpaired) electrons. The standard InChI is InChI=1S/C20H25N3O2/c1-16-7-6-10-19(17(16)2)22-11-13-23(14-12-22)20(24)21-15-25-18-8-4-3-5-9-18/h3-10H,11-15H2,1-2H3,(H,21,24). The fourth-order valence-corrected chi connectivity index (χ4v) is 3.04. The summed E-state index contributed by atoms with van der Waals surface area (Å²) in [5, 5.41) is 2.82. The van der Waals surface area contributed by atoms with Crippen molar-refractivity contribution in [2.45, 2.75) is 13.8 Å². The Kier molecular flexibility index (Phi) is 5.43. The second-order valence-electron chi connectivity index (χ2n) is 6.28. The monoisotopic (exact) mass is 339 g/mol. The number of para-hydroxylation sites is 1. The van der Waals surface area contributed by atoms with Crippen molar-refractivity contribution in [3.63, 3.8) is 0 Å². The number of aryl methyl sites for hydroxylation is 1. The lowest BCUT2D eigenvalue weighted by molar-refractivity contribution is 0.181. The van der Waals surface area contributed by atoms with Gasteiger partial charge in [-0.15, -0.1) is 0 Å². The van der Waals surface area contributed by atoms with E-state index in [9.17, 15) is 4.79 Å². The van der Waals surface area contributed by atoms with Crippen LogP contribution in [0.1, 0.15) is 11.1 Å². The highest BCUT2D eigenvalue weighted by atomic mass is 16.5. The van der Waals surface area contributed by atoms with Gasteiger partial charge in [0, 0.05) is 31.9 Å².